The summed E-state index contributed by atoms with van der Waals surface area (Å²) in [6, 6.07) is 15.8. The molecule has 2 rings (SSSR count). The molecule has 27 heavy (non-hydrogen) atoms. The molecule has 2 aromatic carbocycles. The second kappa shape index (κ2) is 10.8. The monoisotopic (exact) mass is 390 g/mol. The summed E-state index contributed by atoms with van der Waals surface area (Å²) in [7, 11) is 0. The molecule has 0 heterocycles. The minimum atomic E-state index is -0.718. The zero-order chi connectivity index (χ0) is 19.5. The van der Waals surface area contributed by atoms with Crippen molar-refractivity contribution in [3.8, 4) is 5.75 Å². The number of rotatable bonds is 9. The van der Waals surface area contributed by atoms with Gasteiger partial charge in [0, 0.05) is 11.6 Å². The van der Waals surface area contributed by atoms with Crippen LogP contribution in [0.5, 0.6) is 5.75 Å². The minimum absolute atomic E-state index is 0.223. The Labute approximate surface area is 161 Å². The number of ether oxygens (including phenoxy) is 2. The molecule has 7 nitrogen and oxygen atoms in total. The summed E-state index contributed by atoms with van der Waals surface area (Å²) in [5, 5.41) is 5.57. The van der Waals surface area contributed by atoms with E-state index in [1.54, 1.807) is 48.5 Å². The predicted octanol–water partition coefficient (Wildman–Crippen LogP) is 1.69. The third-order valence-corrected chi connectivity index (χ3v) is 3.56. The summed E-state index contributed by atoms with van der Waals surface area (Å²) in [6.07, 6.45) is 0. The van der Waals surface area contributed by atoms with Crippen LogP contribution in [0.1, 0.15) is 5.56 Å². The van der Waals surface area contributed by atoms with E-state index in [4.69, 9.17) is 21.1 Å². The molecule has 0 atom stereocenters. The molecule has 8 heteroatoms. The largest absolute Gasteiger partial charge is 0.484 e. The molecule has 0 aliphatic heterocycles. The zero-order valence-corrected chi connectivity index (χ0v) is 15.2. The smallest absolute Gasteiger partial charge is 0.325 e. The van der Waals surface area contributed by atoms with E-state index in [2.05, 4.69) is 10.6 Å². The number of halogens is 1. The van der Waals surface area contributed by atoms with E-state index in [9.17, 15) is 14.4 Å². The summed E-state index contributed by atoms with van der Waals surface area (Å²) < 4.78 is 10.0. The number of nitrogens with one attached hydrogen (secondary N) is 2. The van der Waals surface area contributed by atoms with Gasteiger partial charge in [0.25, 0.3) is 11.8 Å². The second-order valence-corrected chi connectivity index (χ2v) is 5.88. The number of carbonyl (C=O) groups excluding carboxylic acids is 3. The van der Waals surface area contributed by atoms with Gasteiger partial charge in [-0.15, -0.1) is 0 Å². The highest BCUT2D eigenvalue weighted by atomic mass is 35.5. The van der Waals surface area contributed by atoms with Crippen LogP contribution >= 0.6 is 11.6 Å². The van der Waals surface area contributed by atoms with Crippen LogP contribution in [0.15, 0.2) is 54.6 Å². The average Bonchev–Trinajstić information content (AvgIpc) is 2.69. The number of amides is 2. The first kappa shape index (κ1) is 20.3. The molecule has 0 fully saturated rings. The molecular formula is C19H19ClN2O5. The lowest BCUT2D eigenvalue weighted by molar-refractivity contribution is -0.148. The van der Waals surface area contributed by atoms with Crippen molar-refractivity contribution in [1.82, 2.24) is 10.6 Å². The number of benzene rings is 2. The molecule has 0 aliphatic rings. The van der Waals surface area contributed by atoms with Gasteiger partial charge in [-0.1, -0.05) is 41.9 Å². The third-order valence-electron chi connectivity index (χ3n) is 3.31. The highest BCUT2D eigenvalue weighted by Gasteiger charge is 2.10. The van der Waals surface area contributed by atoms with Gasteiger partial charge in [-0.2, -0.15) is 0 Å². The van der Waals surface area contributed by atoms with Gasteiger partial charge in [-0.05, 0) is 29.8 Å². The SMILES string of the molecule is O=C(COC(=O)CNC(=O)COc1ccccc1)NCc1ccc(Cl)cc1. The molecule has 0 unspecified atom stereocenters. The van der Waals surface area contributed by atoms with E-state index < -0.39 is 24.4 Å². The Bertz CT molecular complexity index is 765. The molecule has 0 aromatic heterocycles. The van der Waals surface area contributed by atoms with Gasteiger partial charge in [-0.3, -0.25) is 14.4 Å². The van der Waals surface area contributed by atoms with Crippen LogP contribution in [0.3, 0.4) is 0 Å². The topological polar surface area (TPSA) is 93.7 Å². The van der Waals surface area contributed by atoms with Crippen molar-refractivity contribution in [2.45, 2.75) is 6.54 Å². The van der Waals surface area contributed by atoms with Crippen molar-refractivity contribution < 1.29 is 23.9 Å². The van der Waals surface area contributed by atoms with Crippen LogP contribution in [-0.2, 0) is 25.7 Å². The summed E-state index contributed by atoms with van der Waals surface area (Å²) in [4.78, 5) is 34.8. The fourth-order valence-electron chi connectivity index (χ4n) is 1.94. The first-order chi connectivity index (χ1) is 13.0. The van der Waals surface area contributed by atoms with Crippen molar-refractivity contribution >= 4 is 29.4 Å². The Kier molecular flexibility index (Phi) is 8.12. The van der Waals surface area contributed by atoms with Crippen molar-refractivity contribution in [2.24, 2.45) is 0 Å². The molecule has 0 aliphatic carbocycles. The van der Waals surface area contributed by atoms with Gasteiger partial charge in [0.15, 0.2) is 13.2 Å². The van der Waals surface area contributed by atoms with Gasteiger partial charge in [-0.25, -0.2) is 0 Å². The van der Waals surface area contributed by atoms with Crippen molar-refractivity contribution in [3.05, 3.63) is 65.2 Å². The number of hydrogen-bond acceptors (Lipinski definition) is 5. The maximum atomic E-state index is 11.7. The summed E-state index contributed by atoms with van der Waals surface area (Å²) in [5.41, 5.74) is 0.866. The third kappa shape index (κ3) is 8.24. The Morgan fingerprint density at radius 1 is 0.852 bits per heavy atom. The molecule has 2 amide bonds. The number of esters is 1. The first-order valence-corrected chi connectivity index (χ1v) is 8.52. The van der Waals surface area contributed by atoms with Crippen LogP contribution in [0, 0.1) is 0 Å². The van der Waals surface area contributed by atoms with Crippen LogP contribution in [0.25, 0.3) is 0 Å². The predicted molar refractivity (Wildman–Crippen MR) is 99.2 cm³/mol. The van der Waals surface area contributed by atoms with Gasteiger partial charge in [0.2, 0.25) is 0 Å². The molecule has 0 radical (unpaired) electrons. The molecule has 2 N–H and O–H groups in total. The van der Waals surface area contributed by atoms with E-state index in [1.807, 2.05) is 6.07 Å². The van der Waals surface area contributed by atoms with Gasteiger partial charge in [0.1, 0.15) is 12.3 Å². The molecule has 0 bridgehead atoms. The van der Waals surface area contributed by atoms with Crippen LogP contribution in [0.4, 0.5) is 0 Å². The van der Waals surface area contributed by atoms with E-state index in [-0.39, 0.29) is 13.2 Å². The Morgan fingerprint density at radius 3 is 2.22 bits per heavy atom. The van der Waals surface area contributed by atoms with E-state index in [0.717, 1.165) is 5.56 Å². The van der Waals surface area contributed by atoms with Gasteiger partial charge < -0.3 is 20.1 Å². The normalized spacial score (nSPS) is 9.96. The van der Waals surface area contributed by atoms with Gasteiger partial charge in [0.05, 0.1) is 0 Å². The molecule has 0 saturated heterocycles. The summed E-state index contributed by atoms with van der Waals surface area (Å²) >= 11 is 5.78. The lowest BCUT2D eigenvalue weighted by Gasteiger charge is -2.08. The maximum Gasteiger partial charge on any atom is 0.325 e. The molecule has 0 spiro atoms. The number of hydrogen-bond donors (Lipinski definition) is 2. The quantitative estimate of drug-likeness (QED) is 0.635. The standard InChI is InChI=1S/C19H19ClN2O5/c20-15-8-6-14(7-9-15)10-21-18(24)13-27-19(25)11-22-17(23)12-26-16-4-2-1-3-5-16/h1-9H,10-13H2,(H,21,24)(H,22,23). The fraction of sp³-hybridized carbons (Fsp3) is 0.211. The van der Waals surface area contributed by atoms with Crippen molar-refractivity contribution in [1.29, 1.82) is 0 Å². The molecule has 0 saturated carbocycles. The van der Waals surface area contributed by atoms with E-state index in [0.29, 0.717) is 17.3 Å². The highest BCUT2D eigenvalue weighted by molar-refractivity contribution is 6.30. The lowest BCUT2D eigenvalue weighted by atomic mass is 10.2. The summed E-state index contributed by atoms with van der Waals surface area (Å²) in [6.45, 7) is -0.704. The lowest BCUT2D eigenvalue weighted by Crippen LogP contribution is -2.35. The number of para-hydroxylation sites is 1. The Hall–Kier alpha value is -3.06. The average molecular weight is 391 g/mol. The van der Waals surface area contributed by atoms with E-state index in [1.165, 1.54) is 0 Å². The first-order valence-electron chi connectivity index (χ1n) is 8.14. The zero-order valence-electron chi connectivity index (χ0n) is 14.4. The second-order valence-electron chi connectivity index (χ2n) is 5.44. The van der Waals surface area contributed by atoms with Crippen LogP contribution in [-0.4, -0.2) is 37.5 Å². The number of carbonyl (C=O) groups is 3. The highest BCUT2D eigenvalue weighted by Crippen LogP contribution is 2.09. The van der Waals surface area contributed by atoms with Crippen LogP contribution in [0.2, 0.25) is 5.02 Å². The molecule has 2 aromatic rings. The van der Waals surface area contributed by atoms with Gasteiger partial charge >= 0.3 is 5.97 Å². The Morgan fingerprint density at radius 2 is 1.52 bits per heavy atom. The Balaban J connectivity index is 1.57. The van der Waals surface area contributed by atoms with Crippen LogP contribution < -0.4 is 15.4 Å². The molecular weight excluding hydrogens is 372 g/mol. The summed E-state index contributed by atoms with van der Waals surface area (Å²) in [5.74, 6) is -1.09. The van der Waals surface area contributed by atoms with Crippen molar-refractivity contribution in [3.63, 3.8) is 0 Å². The minimum Gasteiger partial charge on any atom is -0.484 e. The maximum absolute atomic E-state index is 11.7. The van der Waals surface area contributed by atoms with E-state index >= 15 is 0 Å². The fourth-order valence-corrected chi connectivity index (χ4v) is 2.06. The molecule has 142 valence electrons. The van der Waals surface area contributed by atoms with Crippen molar-refractivity contribution in [2.75, 3.05) is 19.8 Å².